The van der Waals surface area contributed by atoms with Gasteiger partial charge in [-0.15, -0.1) is 0 Å². The number of esters is 1. The Morgan fingerprint density at radius 2 is 1.82 bits per heavy atom. The number of ether oxygens (including phenoxy) is 1. The third kappa shape index (κ3) is 3.57. The Morgan fingerprint density at radius 1 is 1.36 bits per heavy atom. The van der Waals surface area contributed by atoms with E-state index in [4.69, 9.17) is 10.2 Å². The lowest BCUT2D eigenvalue weighted by Gasteiger charge is -2.09. The Morgan fingerprint density at radius 3 is 2.09 bits per heavy atom. The van der Waals surface area contributed by atoms with Crippen LogP contribution in [0, 0.1) is 0 Å². The zero-order chi connectivity index (χ0) is 9.02. The average molecular weight is 162 g/mol. The predicted molar refractivity (Wildman–Crippen MR) is 34.9 cm³/mol. The van der Waals surface area contributed by atoms with Crippen LogP contribution < -0.4 is 0 Å². The minimum absolute atomic E-state index is 0.931. The summed E-state index contributed by atoms with van der Waals surface area (Å²) in [5.41, 5.74) is 0. The topological polar surface area (TPSA) is 83.8 Å². The molecule has 0 saturated carbocycles. The monoisotopic (exact) mass is 162 g/mol. The van der Waals surface area contributed by atoms with Gasteiger partial charge in [0.15, 0.2) is 6.10 Å². The van der Waals surface area contributed by atoms with Crippen LogP contribution in [-0.2, 0) is 14.3 Å². The van der Waals surface area contributed by atoms with Gasteiger partial charge in [0.1, 0.15) is 6.10 Å². The van der Waals surface area contributed by atoms with Crippen LogP contribution in [0.15, 0.2) is 0 Å². The van der Waals surface area contributed by atoms with Gasteiger partial charge in [-0.1, -0.05) is 0 Å². The molecule has 0 radical (unpaired) electrons. The smallest absolute Gasteiger partial charge is 0.344 e. The first-order valence-corrected chi connectivity index (χ1v) is 3.06. The Kier molecular flexibility index (Phi) is 3.53. The molecule has 0 bridgehead atoms. The van der Waals surface area contributed by atoms with E-state index in [0.29, 0.717) is 0 Å². The SMILES string of the molecule is C[C@@H](O)C(=O)O[C@H](C)C(=O)O. The second kappa shape index (κ2) is 3.92. The third-order valence-electron chi connectivity index (χ3n) is 0.982. The Balaban J connectivity index is 3.85. The maximum Gasteiger partial charge on any atom is 0.344 e. The van der Waals surface area contributed by atoms with Gasteiger partial charge in [-0.3, -0.25) is 0 Å². The second-order valence-electron chi connectivity index (χ2n) is 2.09. The lowest BCUT2D eigenvalue weighted by molar-refractivity contribution is -0.168. The van der Waals surface area contributed by atoms with Crippen LogP contribution >= 0.6 is 0 Å². The highest BCUT2D eigenvalue weighted by molar-refractivity contribution is 5.79. The lowest BCUT2D eigenvalue weighted by atomic mass is 10.4. The Hall–Kier alpha value is -1.10. The minimum atomic E-state index is -1.28. The maximum atomic E-state index is 10.5. The number of aliphatic hydroxyl groups is 1. The number of carboxylic acids is 1. The predicted octanol–water partition coefficient (Wildman–Crippen LogP) is -0.617. The van der Waals surface area contributed by atoms with Gasteiger partial charge in [0, 0.05) is 0 Å². The molecule has 0 saturated heterocycles. The van der Waals surface area contributed by atoms with Crippen molar-refractivity contribution in [3.63, 3.8) is 0 Å². The summed E-state index contributed by atoms with van der Waals surface area (Å²) in [6.07, 6.45) is -2.49. The first kappa shape index (κ1) is 9.90. The molecular formula is C6H10O5. The molecule has 0 heterocycles. The van der Waals surface area contributed by atoms with Crippen molar-refractivity contribution in [1.29, 1.82) is 0 Å². The molecule has 0 fully saturated rings. The van der Waals surface area contributed by atoms with Crippen molar-refractivity contribution in [3.05, 3.63) is 0 Å². The fraction of sp³-hybridized carbons (Fsp3) is 0.667. The molecule has 11 heavy (non-hydrogen) atoms. The Bertz CT molecular complexity index is 162. The summed E-state index contributed by atoms with van der Waals surface area (Å²) in [5, 5.41) is 16.8. The number of aliphatic hydroxyl groups excluding tert-OH is 1. The van der Waals surface area contributed by atoms with Gasteiger partial charge in [0.05, 0.1) is 0 Å². The number of aliphatic carboxylic acids is 1. The summed E-state index contributed by atoms with van der Waals surface area (Å²) in [5.74, 6) is -2.17. The van der Waals surface area contributed by atoms with Crippen molar-refractivity contribution < 1.29 is 24.5 Å². The van der Waals surface area contributed by atoms with E-state index < -0.39 is 24.1 Å². The van der Waals surface area contributed by atoms with E-state index in [1.54, 1.807) is 0 Å². The summed E-state index contributed by atoms with van der Waals surface area (Å²) in [7, 11) is 0. The van der Waals surface area contributed by atoms with Gasteiger partial charge < -0.3 is 14.9 Å². The summed E-state index contributed by atoms with van der Waals surface area (Å²) >= 11 is 0. The normalized spacial score (nSPS) is 15.2. The van der Waals surface area contributed by atoms with E-state index in [1.165, 1.54) is 13.8 Å². The van der Waals surface area contributed by atoms with Gasteiger partial charge >= 0.3 is 11.9 Å². The zero-order valence-electron chi connectivity index (χ0n) is 6.27. The molecule has 0 aromatic heterocycles. The molecule has 64 valence electrons. The highest BCUT2D eigenvalue weighted by Crippen LogP contribution is 1.94. The molecule has 0 spiro atoms. The summed E-state index contributed by atoms with van der Waals surface area (Å²) in [6, 6.07) is 0. The van der Waals surface area contributed by atoms with Crippen molar-refractivity contribution in [2.24, 2.45) is 0 Å². The molecule has 0 aliphatic rings. The number of hydrogen-bond donors (Lipinski definition) is 2. The number of hydrogen-bond acceptors (Lipinski definition) is 4. The molecule has 2 atom stereocenters. The van der Waals surface area contributed by atoms with Crippen LogP contribution in [0.25, 0.3) is 0 Å². The highest BCUT2D eigenvalue weighted by Gasteiger charge is 2.18. The van der Waals surface area contributed by atoms with Crippen LogP contribution in [0.5, 0.6) is 0 Å². The number of carbonyl (C=O) groups excluding carboxylic acids is 1. The van der Waals surface area contributed by atoms with Crippen molar-refractivity contribution in [1.82, 2.24) is 0 Å². The molecular weight excluding hydrogens is 152 g/mol. The van der Waals surface area contributed by atoms with Crippen molar-refractivity contribution in [3.8, 4) is 0 Å². The van der Waals surface area contributed by atoms with Crippen molar-refractivity contribution >= 4 is 11.9 Å². The molecule has 0 amide bonds. The molecule has 0 aromatic carbocycles. The summed E-state index contributed by atoms with van der Waals surface area (Å²) < 4.78 is 4.28. The molecule has 0 aromatic rings. The van der Waals surface area contributed by atoms with Crippen LogP contribution in [-0.4, -0.2) is 34.4 Å². The van der Waals surface area contributed by atoms with Crippen molar-refractivity contribution in [2.45, 2.75) is 26.1 Å². The first-order chi connectivity index (χ1) is 4.95. The largest absolute Gasteiger partial charge is 0.479 e. The fourth-order valence-electron chi connectivity index (χ4n) is 0.323. The van der Waals surface area contributed by atoms with Crippen LogP contribution in [0.4, 0.5) is 0 Å². The summed E-state index contributed by atoms with van der Waals surface area (Å²) in [4.78, 5) is 20.6. The minimum Gasteiger partial charge on any atom is -0.479 e. The lowest BCUT2D eigenvalue weighted by Crippen LogP contribution is -2.29. The van der Waals surface area contributed by atoms with E-state index >= 15 is 0 Å². The van der Waals surface area contributed by atoms with E-state index in [-0.39, 0.29) is 0 Å². The first-order valence-electron chi connectivity index (χ1n) is 3.06. The standard InChI is InChI=1S/C6H10O5/c1-3(7)6(10)11-4(2)5(8)9/h3-4,7H,1-2H3,(H,8,9)/t3-,4-/m1/s1. The average Bonchev–Trinajstić information content (AvgIpc) is 1.87. The van der Waals surface area contributed by atoms with E-state index in [1.807, 2.05) is 0 Å². The number of carbonyl (C=O) groups is 2. The van der Waals surface area contributed by atoms with Gasteiger partial charge in [-0.25, -0.2) is 9.59 Å². The van der Waals surface area contributed by atoms with E-state index in [9.17, 15) is 9.59 Å². The van der Waals surface area contributed by atoms with E-state index in [2.05, 4.69) is 4.74 Å². The molecule has 0 aliphatic heterocycles. The quantitative estimate of drug-likeness (QED) is 0.540. The fourth-order valence-corrected chi connectivity index (χ4v) is 0.323. The van der Waals surface area contributed by atoms with Gasteiger partial charge in [-0.05, 0) is 13.8 Å². The molecule has 5 heteroatoms. The van der Waals surface area contributed by atoms with Crippen LogP contribution in [0.1, 0.15) is 13.8 Å². The highest BCUT2D eigenvalue weighted by atomic mass is 16.6. The van der Waals surface area contributed by atoms with Crippen LogP contribution in [0.2, 0.25) is 0 Å². The molecule has 5 nitrogen and oxygen atoms in total. The van der Waals surface area contributed by atoms with Crippen LogP contribution in [0.3, 0.4) is 0 Å². The van der Waals surface area contributed by atoms with Gasteiger partial charge in [-0.2, -0.15) is 0 Å². The third-order valence-corrected chi connectivity index (χ3v) is 0.982. The van der Waals surface area contributed by atoms with E-state index in [0.717, 1.165) is 0 Å². The van der Waals surface area contributed by atoms with Gasteiger partial charge in [0.2, 0.25) is 0 Å². The zero-order valence-corrected chi connectivity index (χ0v) is 6.27. The molecule has 2 N–H and O–H groups in total. The molecule has 0 unspecified atom stereocenters. The molecule has 0 rings (SSSR count). The maximum absolute atomic E-state index is 10.5. The van der Waals surface area contributed by atoms with Crippen molar-refractivity contribution in [2.75, 3.05) is 0 Å². The Labute approximate surface area is 63.6 Å². The second-order valence-corrected chi connectivity index (χ2v) is 2.09. The molecule has 0 aliphatic carbocycles. The number of rotatable bonds is 3. The van der Waals surface area contributed by atoms with Gasteiger partial charge in [0.25, 0.3) is 0 Å². The number of carboxylic acid groups (broad SMARTS) is 1. The summed E-state index contributed by atoms with van der Waals surface area (Å²) in [6.45, 7) is 2.42.